The maximum absolute atomic E-state index is 13.4. The largest absolute Gasteiger partial charge is 0.388 e. The van der Waals surface area contributed by atoms with Crippen LogP contribution < -0.4 is 0 Å². The van der Waals surface area contributed by atoms with Crippen molar-refractivity contribution in [2.75, 3.05) is 0 Å². The molecule has 106 valence electrons. The van der Waals surface area contributed by atoms with Crippen molar-refractivity contribution >= 4 is 11.6 Å². The Morgan fingerprint density at radius 1 is 1.30 bits per heavy atom. The molecule has 0 saturated carbocycles. The number of rotatable bonds is 4. The summed E-state index contributed by atoms with van der Waals surface area (Å²) in [7, 11) is 0. The summed E-state index contributed by atoms with van der Waals surface area (Å²) in [6.45, 7) is 3.78. The minimum Gasteiger partial charge on any atom is -0.388 e. The minimum absolute atomic E-state index is 0.0823. The quantitative estimate of drug-likeness (QED) is 0.940. The van der Waals surface area contributed by atoms with Crippen LogP contribution in [0.5, 0.6) is 0 Å². The molecule has 0 aliphatic heterocycles. The number of aryl methyl sites for hydroxylation is 2. The van der Waals surface area contributed by atoms with Crippen molar-refractivity contribution in [1.82, 2.24) is 10.2 Å². The summed E-state index contributed by atoms with van der Waals surface area (Å²) in [5.41, 5.74) is 2.95. The van der Waals surface area contributed by atoms with E-state index in [1.165, 1.54) is 12.1 Å². The highest BCUT2D eigenvalue weighted by Crippen LogP contribution is 2.23. The van der Waals surface area contributed by atoms with Crippen LogP contribution in [0.2, 0.25) is 5.02 Å². The van der Waals surface area contributed by atoms with Crippen LogP contribution in [0.3, 0.4) is 0 Å². The maximum Gasteiger partial charge on any atom is 0.142 e. The van der Waals surface area contributed by atoms with E-state index in [4.69, 9.17) is 11.6 Å². The molecule has 1 atom stereocenters. The van der Waals surface area contributed by atoms with Crippen LogP contribution in [0.1, 0.15) is 35.5 Å². The first kappa shape index (κ1) is 14.9. The van der Waals surface area contributed by atoms with Gasteiger partial charge in [-0.2, -0.15) is 10.2 Å². The molecule has 1 aromatic heterocycles. The van der Waals surface area contributed by atoms with Crippen LogP contribution >= 0.6 is 11.6 Å². The highest BCUT2D eigenvalue weighted by Gasteiger charge is 2.15. The lowest BCUT2D eigenvalue weighted by atomic mass is 9.99. The maximum atomic E-state index is 13.4. The van der Waals surface area contributed by atoms with E-state index < -0.39 is 11.9 Å². The van der Waals surface area contributed by atoms with Gasteiger partial charge >= 0.3 is 0 Å². The van der Waals surface area contributed by atoms with Crippen molar-refractivity contribution in [2.45, 2.75) is 32.8 Å². The number of nitrogens with zero attached hydrogens (tertiary/aromatic N) is 2. The second kappa shape index (κ2) is 6.29. The first-order valence-electron chi connectivity index (χ1n) is 6.46. The fourth-order valence-corrected chi connectivity index (χ4v) is 2.21. The third-order valence-corrected chi connectivity index (χ3v) is 3.44. The lowest BCUT2D eigenvalue weighted by Crippen LogP contribution is -2.09. The Morgan fingerprint density at radius 3 is 2.70 bits per heavy atom. The number of aromatic nitrogens is 2. The van der Waals surface area contributed by atoms with E-state index in [-0.39, 0.29) is 5.02 Å². The molecule has 1 heterocycles. The second-order valence-corrected chi connectivity index (χ2v) is 5.12. The number of aliphatic hydroxyl groups excluding tert-OH is 1. The molecule has 0 spiro atoms. The Morgan fingerprint density at radius 2 is 2.05 bits per heavy atom. The second-order valence-electron chi connectivity index (χ2n) is 4.71. The fourth-order valence-electron chi connectivity index (χ4n) is 2.10. The van der Waals surface area contributed by atoms with E-state index >= 15 is 0 Å². The Hall–Kier alpha value is -1.52. The minimum atomic E-state index is -0.736. The normalized spacial score (nSPS) is 12.4. The summed E-state index contributed by atoms with van der Waals surface area (Å²) in [5, 5.41) is 18.5. The Labute approximate surface area is 122 Å². The summed E-state index contributed by atoms with van der Waals surface area (Å²) in [4.78, 5) is 0. The Balaban J connectivity index is 2.25. The number of hydrogen-bond donors (Lipinski definition) is 1. The van der Waals surface area contributed by atoms with Crippen molar-refractivity contribution in [1.29, 1.82) is 0 Å². The van der Waals surface area contributed by atoms with Gasteiger partial charge in [-0.1, -0.05) is 24.6 Å². The van der Waals surface area contributed by atoms with E-state index in [0.29, 0.717) is 18.4 Å². The molecule has 2 aromatic rings. The lowest BCUT2D eigenvalue weighted by Gasteiger charge is -2.14. The molecule has 1 N–H and O–H groups in total. The molecule has 0 saturated heterocycles. The molecule has 0 radical (unpaired) electrons. The number of aliphatic hydroxyl groups is 1. The highest BCUT2D eigenvalue weighted by atomic mass is 35.5. The smallest absolute Gasteiger partial charge is 0.142 e. The zero-order valence-corrected chi connectivity index (χ0v) is 12.2. The number of benzene rings is 1. The zero-order valence-electron chi connectivity index (χ0n) is 11.4. The van der Waals surface area contributed by atoms with Gasteiger partial charge in [-0.25, -0.2) is 4.39 Å². The molecule has 3 nitrogen and oxygen atoms in total. The van der Waals surface area contributed by atoms with Gasteiger partial charge in [-0.05, 0) is 37.1 Å². The number of hydrogen-bond acceptors (Lipinski definition) is 3. The predicted octanol–water partition coefficient (Wildman–Crippen LogP) is 3.42. The molecule has 1 unspecified atom stereocenters. The van der Waals surface area contributed by atoms with Crippen LogP contribution in [-0.4, -0.2) is 15.3 Å². The van der Waals surface area contributed by atoms with Gasteiger partial charge in [0.15, 0.2) is 0 Å². The summed E-state index contributed by atoms with van der Waals surface area (Å²) < 4.78 is 13.4. The molecule has 1 aromatic carbocycles. The van der Waals surface area contributed by atoms with E-state index in [2.05, 4.69) is 10.2 Å². The standard InChI is InChI=1S/C15H16ClFN2O/c1-3-14-11(6-9(2)18-19-14)15(20)8-10-4-5-12(16)13(17)7-10/h4-7,15,20H,3,8H2,1-2H3. The van der Waals surface area contributed by atoms with Gasteiger partial charge in [0, 0.05) is 12.0 Å². The highest BCUT2D eigenvalue weighted by molar-refractivity contribution is 6.30. The third-order valence-electron chi connectivity index (χ3n) is 3.13. The molecular weight excluding hydrogens is 279 g/mol. The summed E-state index contributed by atoms with van der Waals surface area (Å²) in [5.74, 6) is -0.476. The SMILES string of the molecule is CCc1nnc(C)cc1C(O)Cc1ccc(Cl)c(F)c1. The lowest BCUT2D eigenvalue weighted by molar-refractivity contribution is 0.176. The van der Waals surface area contributed by atoms with Crippen molar-refractivity contribution in [3.05, 3.63) is 57.6 Å². The molecular formula is C15H16ClFN2O. The van der Waals surface area contributed by atoms with Crippen LogP contribution in [0.15, 0.2) is 24.3 Å². The Kier molecular flexibility index (Phi) is 4.68. The van der Waals surface area contributed by atoms with Crippen LogP contribution in [0.25, 0.3) is 0 Å². The Bertz CT molecular complexity index is 619. The first-order valence-corrected chi connectivity index (χ1v) is 6.84. The average molecular weight is 295 g/mol. The monoisotopic (exact) mass is 294 g/mol. The molecule has 0 fully saturated rings. The summed E-state index contributed by atoms with van der Waals surface area (Å²) in [6.07, 6.45) is 0.265. The van der Waals surface area contributed by atoms with Gasteiger partial charge < -0.3 is 5.11 Å². The molecule has 0 bridgehead atoms. The van der Waals surface area contributed by atoms with Crippen LogP contribution in [-0.2, 0) is 12.8 Å². The predicted molar refractivity (Wildman–Crippen MR) is 76.2 cm³/mol. The van der Waals surface area contributed by atoms with Gasteiger partial charge in [0.1, 0.15) is 5.82 Å². The number of halogens is 2. The molecule has 5 heteroatoms. The van der Waals surface area contributed by atoms with E-state index in [9.17, 15) is 9.50 Å². The molecule has 0 aliphatic carbocycles. The average Bonchev–Trinajstić information content (AvgIpc) is 2.43. The first-order chi connectivity index (χ1) is 9.51. The van der Waals surface area contributed by atoms with Gasteiger partial charge in [0.25, 0.3) is 0 Å². The van der Waals surface area contributed by atoms with Crippen molar-refractivity contribution in [3.63, 3.8) is 0 Å². The topological polar surface area (TPSA) is 46.0 Å². The van der Waals surface area contributed by atoms with Crippen molar-refractivity contribution < 1.29 is 9.50 Å². The zero-order chi connectivity index (χ0) is 14.7. The van der Waals surface area contributed by atoms with Crippen LogP contribution in [0, 0.1) is 12.7 Å². The fraction of sp³-hybridized carbons (Fsp3) is 0.333. The van der Waals surface area contributed by atoms with Gasteiger partial charge in [0.05, 0.1) is 22.5 Å². The van der Waals surface area contributed by atoms with E-state index in [0.717, 1.165) is 17.0 Å². The van der Waals surface area contributed by atoms with Gasteiger partial charge in [0.2, 0.25) is 0 Å². The summed E-state index contributed by atoms with van der Waals surface area (Å²) >= 11 is 5.65. The summed E-state index contributed by atoms with van der Waals surface area (Å²) in [6, 6.07) is 6.37. The van der Waals surface area contributed by atoms with Crippen LogP contribution in [0.4, 0.5) is 4.39 Å². The van der Waals surface area contributed by atoms with E-state index in [1.54, 1.807) is 6.07 Å². The third kappa shape index (κ3) is 3.32. The van der Waals surface area contributed by atoms with Crippen molar-refractivity contribution in [3.8, 4) is 0 Å². The van der Waals surface area contributed by atoms with Gasteiger partial charge in [-0.3, -0.25) is 0 Å². The van der Waals surface area contributed by atoms with Crippen molar-refractivity contribution in [2.24, 2.45) is 0 Å². The molecule has 0 aliphatic rings. The molecule has 0 amide bonds. The van der Waals surface area contributed by atoms with Gasteiger partial charge in [-0.15, -0.1) is 0 Å². The van der Waals surface area contributed by atoms with E-state index in [1.807, 2.05) is 19.9 Å². The molecule has 20 heavy (non-hydrogen) atoms. The molecule has 2 rings (SSSR count).